The van der Waals surface area contributed by atoms with E-state index in [0.717, 1.165) is 21.8 Å². The average Bonchev–Trinajstić information content (AvgIpc) is 2.98. The molecule has 3 aromatic heterocycles. The normalized spacial score (nSPS) is 11.1. The first kappa shape index (κ1) is 12.4. The van der Waals surface area contributed by atoms with Gasteiger partial charge in [0, 0.05) is 16.8 Å². The summed E-state index contributed by atoms with van der Waals surface area (Å²) < 4.78 is 5.27. The van der Waals surface area contributed by atoms with Gasteiger partial charge in [0.2, 0.25) is 5.95 Å². The lowest BCUT2D eigenvalue weighted by atomic mass is 10.4. The fourth-order valence-electron chi connectivity index (χ4n) is 1.67. The van der Waals surface area contributed by atoms with E-state index in [4.69, 9.17) is 4.42 Å². The summed E-state index contributed by atoms with van der Waals surface area (Å²) in [5.74, 6) is 0.644. The molecule has 0 bridgehead atoms. The smallest absolute Gasteiger partial charge is 0.261 e. The number of hydrogen-bond acceptors (Lipinski definition) is 7. The second kappa shape index (κ2) is 5.18. The Labute approximate surface area is 118 Å². The van der Waals surface area contributed by atoms with Gasteiger partial charge >= 0.3 is 0 Å². The zero-order valence-corrected chi connectivity index (χ0v) is 12.1. The Balaban J connectivity index is 2.08. The fraction of sp³-hybridized carbons (Fsp3) is 0.250. The van der Waals surface area contributed by atoms with Gasteiger partial charge in [0.25, 0.3) is 5.22 Å². The van der Waals surface area contributed by atoms with Crippen LogP contribution in [-0.4, -0.2) is 21.5 Å². The molecule has 0 saturated heterocycles. The molecule has 0 aromatic carbocycles. The molecule has 1 N–H and O–H groups in total. The number of aryl methyl sites for hydroxylation is 1. The molecular weight excluding hydrogens is 280 g/mol. The highest BCUT2D eigenvalue weighted by Gasteiger charge is 2.13. The zero-order valence-electron chi connectivity index (χ0n) is 10.5. The Morgan fingerprint density at radius 2 is 2.32 bits per heavy atom. The molecule has 7 heteroatoms. The number of oxazole rings is 1. The third kappa shape index (κ3) is 2.57. The van der Waals surface area contributed by atoms with Crippen LogP contribution in [0, 0.1) is 6.92 Å². The van der Waals surface area contributed by atoms with Gasteiger partial charge in [0.15, 0.2) is 0 Å². The molecule has 19 heavy (non-hydrogen) atoms. The molecule has 3 heterocycles. The van der Waals surface area contributed by atoms with Crippen LogP contribution in [0.15, 0.2) is 33.2 Å². The number of rotatable bonds is 4. The number of thiophene rings is 1. The minimum Gasteiger partial charge on any atom is -0.440 e. The van der Waals surface area contributed by atoms with Crippen molar-refractivity contribution in [3.63, 3.8) is 0 Å². The first-order valence-electron chi connectivity index (χ1n) is 5.85. The summed E-state index contributed by atoms with van der Waals surface area (Å²) in [7, 11) is 0. The SMILES string of the molecule is CCNc1nc(Sc2ncco2)c2cc(C)sc2n1. The van der Waals surface area contributed by atoms with Crippen LogP contribution in [-0.2, 0) is 0 Å². The summed E-state index contributed by atoms with van der Waals surface area (Å²) in [6.45, 7) is 4.88. The van der Waals surface area contributed by atoms with Gasteiger partial charge in [-0.3, -0.25) is 0 Å². The molecule has 0 atom stereocenters. The van der Waals surface area contributed by atoms with Gasteiger partial charge in [-0.05, 0) is 31.7 Å². The zero-order chi connectivity index (χ0) is 13.2. The third-order valence-electron chi connectivity index (χ3n) is 2.41. The van der Waals surface area contributed by atoms with Gasteiger partial charge in [-0.2, -0.15) is 0 Å². The summed E-state index contributed by atoms with van der Waals surface area (Å²) in [5.41, 5.74) is 0. The highest BCUT2D eigenvalue weighted by atomic mass is 32.2. The summed E-state index contributed by atoms with van der Waals surface area (Å²) in [5, 5.41) is 5.65. The van der Waals surface area contributed by atoms with E-state index in [1.807, 2.05) is 6.92 Å². The Morgan fingerprint density at radius 3 is 3.05 bits per heavy atom. The lowest BCUT2D eigenvalue weighted by Crippen LogP contribution is -2.02. The van der Waals surface area contributed by atoms with Crippen LogP contribution in [0.5, 0.6) is 0 Å². The Bertz CT molecular complexity index is 693. The van der Waals surface area contributed by atoms with Crippen molar-refractivity contribution in [2.75, 3.05) is 11.9 Å². The van der Waals surface area contributed by atoms with Gasteiger partial charge in [-0.1, -0.05) is 0 Å². The number of nitrogens with zero attached hydrogens (tertiary/aromatic N) is 3. The standard InChI is InChI=1S/C12H12N4OS2/c1-3-13-11-15-9-8(6-7(2)18-9)10(16-11)19-12-14-4-5-17-12/h4-6H,3H2,1-2H3,(H,13,15,16). The molecule has 3 aromatic rings. The largest absolute Gasteiger partial charge is 0.440 e. The highest BCUT2D eigenvalue weighted by molar-refractivity contribution is 7.99. The van der Waals surface area contributed by atoms with Crippen molar-refractivity contribution in [2.24, 2.45) is 0 Å². The second-order valence-electron chi connectivity index (χ2n) is 3.86. The van der Waals surface area contributed by atoms with E-state index >= 15 is 0 Å². The molecule has 0 radical (unpaired) electrons. The van der Waals surface area contributed by atoms with Crippen LogP contribution in [0.3, 0.4) is 0 Å². The lowest BCUT2D eigenvalue weighted by Gasteiger charge is -2.04. The van der Waals surface area contributed by atoms with E-state index in [2.05, 4.69) is 33.3 Å². The number of fused-ring (bicyclic) bond motifs is 1. The topological polar surface area (TPSA) is 63.8 Å². The fourth-order valence-corrected chi connectivity index (χ4v) is 3.40. The van der Waals surface area contributed by atoms with Crippen LogP contribution < -0.4 is 5.32 Å². The molecule has 0 saturated carbocycles. The van der Waals surface area contributed by atoms with Gasteiger partial charge in [0.1, 0.15) is 16.1 Å². The summed E-state index contributed by atoms with van der Waals surface area (Å²) >= 11 is 3.08. The predicted octanol–water partition coefficient (Wildman–Crippen LogP) is 3.57. The monoisotopic (exact) mass is 292 g/mol. The van der Waals surface area contributed by atoms with Crippen LogP contribution in [0.4, 0.5) is 5.95 Å². The molecule has 0 aliphatic heterocycles. The van der Waals surface area contributed by atoms with Crippen LogP contribution in [0.25, 0.3) is 10.2 Å². The molecule has 5 nitrogen and oxygen atoms in total. The van der Waals surface area contributed by atoms with Crippen molar-refractivity contribution < 1.29 is 4.42 Å². The molecule has 0 spiro atoms. The first-order chi connectivity index (χ1) is 9.26. The third-order valence-corrected chi connectivity index (χ3v) is 4.23. The van der Waals surface area contributed by atoms with Crippen molar-refractivity contribution in [3.8, 4) is 0 Å². The average molecular weight is 292 g/mol. The summed E-state index contributed by atoms with van der Waals surface area (Å²) in [6, 6.07) is 2.10. The van der Waals surface area contributed by atoms with E-state index in [9.17, 15) is 0 Å². The van der Waals surface area contributed by atoms with E-state index in [0.29, 0.717) is 11.2 Å². The maximum atomic E-state index is 5.27. The maximum Gasteiger partial charge on any atom is 0.261 e. The molecule has 98 valence electrons. The van der Waals surface area contributed by atoms with Gasteiger partial charge in [0.05, 0.1) is 6.20 Å². The Hall–Kier alpha value is -1.60. The van der Waals surface area contributed by atoms with Crippen LogP contribution in [0.1, 0.15) is 11.8 Å². The quantitative estimate of drug-likeness (QED) is 0.742. The number of aromatic nitrogens is 3. The van der Waals surface area contributed by atoms with Crippen LogP contribution >= 0.6 is 23.1 Å². The second-order valence-corrected chi connectivity index (χ2v) is 6.03. The first-order valence-corrected chi connectivity index (χ1v) is 7.49. The Morgan fingerprint density at radius 1 is 1.42 bits per heavy atom. The van der Waals surface area contributed by atoms with E-state index in [1.54, 1.807) is 23.8 Å². The van der Waals surface area contributed by atoms with Gasteiger partial charge < -0.3 is 9.73 Å². The van der Waals surface area contributed by atoms with E-state index in [1.165, 1.54) is 16.6 Å². The minimum absolute atomic E-state index is 0.589. The van der Waals surface area contributed by atoms with Crippen molar-refractivity contribution in [3.05, 3.63) is 23.4 Å². The minimum atomic E-state index is 0.589. The summed E-state index contributed by atoms with van der Waals surface area (Å²) in [6.07, 6.45) is 3.19. The maximum absolute atomic E-state index is 5.27. The van der Waals surface area contributed by atoms with Crippen LogP contribution in [0.2, 0.25) is 0 Å². The molecule has 0 fully saturated rings. The lowest BCUT2D eigenvalue weighted by molar-refractivity contribution is 0.454. The molecule has 0 aliphatic rings. The highest BCUT2D eigenvalue weighted by Crippen LogP contribution is 2.35. The molecule has 0 amide bonds. The molecule has 3 rings (SSSR count). The number of nitrogens with one attached hydrogen (secondary N) is 1. The van der Waals surface area contributed by atoms with E-state index in [-0.39, 0.29) is 0 Å². The molecular formula is C12H12N4OS2. The predicted molar refractivity (Wildman–Crippen MR) is 76.9 cm³/mol. The number of anilines is 1. The molecule has 0 aliphatic carbocycles. The number of hydrogen-bond donors (Lipinski definition) is 1. The van der Waals surface area contributed by atoms with Crippen molar-refractivity contribution in [1.82, 2.24) is 15.0 Å². The van der Waals surface area contributed by atoms with Crippen molar-refractivity contribution >= 4 is 39.3 Å². The van der Waals surface area contributed by atoms with Gasteiger partial charge in [-0.15, -0.1) is 11.3 Å². The summed E-state index contributed by atoms with van der Waals surface area (Å²) in [4.78, 5) is 15.4. The van der Waals surface area contributed by atoms with E-state index < -0.39 is 0 Å². The van der Waals surface area contributed by atoms with Gasteiger partial charge in [-0.25, -0.2) is 15.0 Å². The Kier molecular flexibility index (Phi) is 3.39. The molecule has 0 unspecified atom stereocenters. The van der Waals surface area contributed by atoms with Crippen molar-refractivity contribution in [2.45, 2.75) is 24.1 Å². The van der Waals surface area contributed by atoms with Crippen molar-refractivity contribution in [1.29, 1.82) is 0 Å².